The van der Waals surface area contributed by atoms with E-state index >= 15 is 0 Å². The van der Waals surface area contributed by atoms with Crippen LogP contribution in [0, 0.1) is 5.92 Å². The van der Waals surface area contributed by atoms with Crippen LogP contribution in [-0.4, -0.2) is 31.0 Å². The zero-order valence-corrected chi connectivity index (χ0v) is 16.0. The summed E-state index contributed by atoms with van der Waals surface area (Å²) in [5.41, 5.74) is 1.71. The van der Waals surface area contributed by atoms with Crippen molar-refractivity contribution in [1.82, 2.24) is 8.85 Å². The van der Waals surface area contributed by atoms with E-state index in [4.69, 9.17) is 4.74 Å². The van der Waals surface area contributed by atoms with E-state index in [1.54, 1.807) is 14.0 Å². The number of hydrogen-bond donors (Lipinski definition) is 3. The molecular formula is C16H24IN3O3. The predicted octanol–water partition coefficient (Wildman–Crippen LogP) is 2.24. The standard InChI is InChI=1S/C16H24IN3O3/c1-10(2)14(20-17)16(22)18-11(3)15(21)19-13-7-5-12(6-8-13)9-23-4/h5-8,10-11,14,20H,9H2,1-4H3,(H,18,22)(H,19,21)/t11-,14-/m0/s1. The largest absolute Gasteiger partial charge is 0.380 e. The van der Waals surface area contributed by atoms with E-state index in [2.05, 4.69) is 14.2 Å². The van der Waals surface area contributed by atoms with E-state index in [-0.39, 0.29) is 23.8 Å². The van der Waals surface area contributed by atoms with Crippen molar-refractivity contribution in [3.8, 4) is 0 Å². The highest BCUT2D eigenvalue weighted by Gasteiger charge is 2.24. The third kappa shape index (κ3) is 6.44. The summed E-state index contributed by atoms with van der Waals surface area (Å²) in [4.78, 5) is 24.3. The third-order valence-electron chi connectivity index (χ3n) is 3.35. The van der Waals surface area contributed by atoms with Crippen LogP contribution < -0.4 is 14.2 Å². The molecule has 0 unspecified atom stereocenters. The molecule has 7 heteroatoms. The van der Waals surface area contributed by atoms with Gasteiger partial charge in [0.05, 0.1) is 12.6 Å². The molecular weight excluding hydrogens is 409 g/mol. The number of rotatable bonds is 8. The van der Waals surface area contributed by atoms with Gasteiger partial charge in [0.25, 0.3) is 0 Å². The second-order valence-electron chi connectivity index (χ2n) is 5.68. The Morgan fingerprint density at radius 1 is 1.13 bits per heavy atom. The molecule has 2 atom stereocenters. The molecule has 0 aromatic heterocycles. The van der Waals surface area contributed by atoms with Crippen molar-refractivity contribution in [3.63, 3.8) is 0 Å². The lowest BCUT2D eigenvalue weighted by Gasteiger charge is -2.21. The maximum atomic E-state index is 12.2. The fraction of sp³-hybridized carbons (Fsp3) is 0.500. The number of amides is 2. The Morgan fingerprint density at radius 2 is 1.74 bits per heavy atom. The number of hydrogen-bond acceptors (Lipinski definition) is 4. The molecule has 3 N–H and O–H groups in total. The van der Waals surface area contributed by atoms with Crippen LogP contribution in [-0.2, 0) is 20.9 Å². The van der Waals surface area contributed by atoms with Gasteiger partial charge in [-0.1, -0.05) is 26.0 Å². The third-order valence-corrected chi connectivity index (χ3v) is 4.02. The smallest absolute Gasteiger partial charge is 0.246 e. The first-order valence-electron chi connectivity index (χ1n) is 7.44. The molecule has 128 valence electrons. The number of carbonyl (C=O) groups excluding carboxylic acids is 2. The van der Waals surface area contributed by atoms with Crippen molar-refractivity contribution < 1.29 is 14.3 Å². The lowest BCUT2D eigenvalue weighted by Crippen LogP contribution is -2.50. The normalized spacial score (nSPS) is 13.5. The van der Waals surface area contributed by atoms with Gasteiger partial charge in [0.15, 0.2) is 0 Å². The first-order chi connectivity index (χ1) is 10.9. The molecule has 2 amide bonds. The van der Waals surface area contributed by atoms with E-state index in [9.17, 15) is 9.59 Å². The number of nitrogens with one attached hydrogen (secondary N) is 3. The zero-order chi connectivity index (χ0) is 17.4. The van der Waals surface area contributed by atoms with Crippen LogP contribution in [0.25, 0.3) is 0 Å². The fourth-order valence-corrected chi connectivity index (χ4v) is 2.95. The Balaban J connectivity index is 2.58. The van der Waals surface area contributed by atoms with Gasteiger partial charge in [-0.25, -0.2) is 3.53 Å². The lowest BCUT2D eigenvalue weighted by molar-refractivity contribution is -0.127. The van der Waals surface area contributed by atoms with Crippen molar-refractivity contribution in [2.75, 3.05) is 12.4 Å². The van der Waals surface area contributed by atoms with Gasteiger partial charge < -0.3 is 15.4 Å². The summed E-state index contributed by atoms with van der Waals surface area (Å²) in [6.07, 6.45) is 0. The molecule has 0 saturated heterocycles. The molecule has 23 heavy (non-hydrogen) atoms. The van der Waals surface area contributed by atoms with Gasteiger partial charge in [0.2, 0.25) is 11.8 Å². The monoisotopic (exact) mass is 433 g/mol. The van der Waals surface area contributed by atoms with Crippen LogP contribution in [0.5, 0.6) is 0 Å². The predicted molar refractivity (Wildman–Crippen MR) is 99.2 cm³/mol. The van der Waals surface area contributed by atoms with Crippen LogP contribution in [0.1, 0.15) is 26.3 Å². The van der Waals surface area contributed by atoms with Gasteiger partial charge >= 0.3 is 0 Å². The molecule has 0 aliphatic carbocycles. The maximum Gasteiger partial charge on any atom is 0.246 e. The van der Waals surface area contributed by atoms with Crippen molar-refractivity contribution in [3.05, 3.63) is 29.8 Å². The molecule has 0 spiro atoms. The number of carbonyl (C=O) groups is 2. The molecule has 1 aromatic rings. The van der Waals surface area contributed by atoms with Gasteiger partial charge in [-0.3, -0.25) is 9.59 Å². The molecule has 6 nitrogen and oxygen atoms in total. The second-order valence-corrected chi connectivity index (χ2v) is 6.30. The molecule has 1 aromatic carbocycles. The van der Waals surface area contributed by atoms with Gasteiger partial charge in [0.1, 0.15) is 6.04 Å². The molecule has 0 saturated carbocycles. The molecule has 0 aliphatic heterocycles. The Bertz CT molecular complexity index is 520. The van der Waals surface area contributed by atoms with E-state index in [0.717, 1.165) is 5.56 Å². The van der Waals surface area contributed by atoms with E-state index in [0.29, 0.717) is 12.3 Å². The highest BCUT2D eigenvalue weighted by atomic mass is 127. The minimum absolute atomic E-state index is 0.135. The zero-order valence-electron chi connectivity index (χ0n) is 13.9. The highest BCUT2D eigenvalue weighted by molar-refractivity contribution is 14.1. The van der Waals surface area contributed by atoms with Gasteiger partial charge in [-0.05, 0) is 30.5 Å². The summed E-state index contributed by atoms with van der Waals surface area (Å²) in [6, 6.07) is 6.44. The van der Waals surface area contributed by atoms with Crippen LogP contribution in [0.4, 0.5) is 5.69 Å². The van der Waals surface area contributed by atoms with Crippen molar-refractivity contribution in [1.29, 1.82) is 0 Å². The number of methoxy groups -OCH3 is 1. The Labute approximate surface area is 151 Å². The Hall–Kier alpha value is -1.19. The maximum absolute atomic E-state index is 12.2. The van der Waals surface area contributed by atoms with Crippen molar-refractivity contribution in [2.45, 2.75) is 39.5 Å². The average Bonchev–Trinajstić information content (AvgIpc) is 2.49. The number of benzene rings is 1. The number of anilines is 1. The summed E-state index contributed by atoms with van der Waals surface area (Å²) < 4.78 is 7.97. The highest BCUT2D eigenvalue weighted by Crippen LogP contribution is 2.11. The minimum atomic E-state index is -0.618. The SMILES string of the molecule is COCc1ccc(NC(=O)[C@H](C)NC(=O)[C@@H](NI)C(C)C)cc1. The lowest BCUT2D eigenvalue weighted by atomic mass is 10.0. The number of ether oxygens (including phenoxy) is 1. The van der Waals surface area contributed by atoms with Crippen molar-refractivity contribution >= 4 is 40.4 Å². The van der Waals surface area contributed by atoms with Crippen LogP contribution in [0.2, 0.25) is 0 Å². The minimum Gasteiger partial charge on any atom is -0.380 e. The molecule has 0 fully saturated rings. The Kier molecular flexibility index (Phi) is 8.49. The van der Waals surface area contributed by atoms with E-state index in [1.165, 1.54) is 0 Å². The molecule has 0 aliphatic rings. The van der Waals surface area contributed by atoms with Gasteiger partial charge in [0, 0.05) is 35.7 Å². The van der Waals surface area contributed by atoms with E-state index < -0.39 is 6.04 Å². The average molecular weight is 433 g/mol. The first-order valence-corrected chi connectivity index (χ1v) is 8.52. The summed E-state index contributed by atoms with van der Waals surface area (Å²) in [5, 5.41) is 5.51. The molecule has 1 rings (SSSR count). The summed E-state index contributed by atoms with van der Waals surface area (Å²) >= 11 is 1.95. The number of halogens is 1. The first kappa shape index (κ1) is 19.9. The summed E-state index contributed by atoms with van der Waals surface area (Å²) in [7, 11) is 1.63. The topological polar surface area (TPSA) is 79.5 Å². The molecule has 0 bridgehead atoms. The van der Waals surface area contributed by atoms with Gasteiger partial charge in [-0.15, -0.1) is 0 Å². The van der Waals surface area contributed by atoms with Crippen LogP contribution in [0.3, 0.4) is 0 Å². The second kappa shape index (κ2) is 9.84. The van der Waals surface area contributed by atoms with Gasteiger partial charge in [-0.2, -0.15) is 0 Å². The van der Waals surface area contributed by atoms with E-state index in [1.807, 2.05) is 61.0 Å². The van der Waals surface area contributed by atoms with Crippen LogP contribution >= 0.6 is 22.9 Å². The van der Waals surface area contributed by atoms with Crippen LogP contribution in [0.15, 0.2) is 24.3 Å². The molecule has 0 heterocycles. The quantitative estimate of drug-likeness (QED) is 0.434. The van der Waals surface area contributed by atoms with Crippen molar-refractivity contribution in [2.24, 2.45) is 5.92 Å². The Morgan fingerprint density at radius 3 is 2.22 bits per heavy atom. The summed E-state index contributed by atoms with van der Waals surface area (Å²) in [6.45, 7) is 6.09. The fourth-order valence-electron chi connectivity index (χ4n) is 1.95. The summed E-state index contributed by atoms with van der Waals surface area (Å²) in [5.74, 6) is -0.309. The molecule has 0 radical (unpaired) electrons.